The van der Waals surface area contributed by atoms with E-state index in [4.69, 9.17) is 4.74 Å². The molecule has 2 rings (SSSR count). The Morgan fingerprint density at radius 3 is 2.71 bits per heavy atom. The summed E-state index contributed by atoms with van der Waals surface area (Å²) in [6, 6.07) is 8.29. The maximum Gasteiger partial charge on any atom is 0.120 e. The molecule has 2 unspecified atom stereocenters. The monoisotopic (exact) mass is 291 g/mol. The van der Waals surface area contributed by atoms with E-state index in [0.717, 1.165) is 18.8 Å². The molecule has 0 amide bonds. The summed E-state index contributed by atoms with van der Waals surface area (Å²) in [4.78, 5) is 0. The minimum atomic E-state index is 0.209. The van der Waals surface area contributed by atoms with Gasteiger partial charge in [0.05, 0.1) is 6.10 Å². The van der Waals surface area contributed by atoms with Crippen LogP contribution in [0.1, 0.15) is 45.1 Å². The van der Waals surface area contributed by atoms with Crippen LogP contribution < -0.4 is 10.1 Å². The van der Waals surface area contributed by atoms with Crippen LogP contribution >= 0.6 is 0 Å². The number of rotatable bonds is 7. The topological polar surface area (TPSA) is 41.5 Å². The van der Waals surface area contributed by atoms with Gasteiger partial charge in [0.25, 0.3) is 0 Å². The Bertz CT molecular complexity index is 419. The summed E-state index contributed by atoms with van der Waals surface area (Å²) in [5.41, 5.74) is 1.25. The van der Waals surface area contributed by atoms with Crippen LogP contribution in [0.4, 0.5) is 0 Å². The first-order valence-corrected chi connectivity index (χ1v) is 8.26. The highest BCUT2D eigenvalue weighted by molar-refractivity contribution is 5.28. The maximum absolute atomic E-state index is 9.45. The minimum Gasteiger partial charge on any atom is -0.491 e. The van der Waals surface area contributed by atoms with Crippen molar-refractivity contribution < 1.29 is 9.84 Å². The van der Waals surface area contributed by atoms with Crippen LogP contribution in [0.25, 0.3) is 0 Å². The van der Waals surface area contributed by atoms with Gasteiger partial charge in [0, 0.05) is 13.2 Å². The van der Waals surface area contributed by atoms with Gasteiger partial charge < -0.3 is 15.2 Å². The first-order valence-electron chi connectivity index (χ1n) is 8.26. The Morgan fingerprint density at radius 1 is 1.24 bits per heavy atom. The maximum atomic E-state index is 9.45. The van der Waals surface area contributed by atoms with Crippen molar-refractivity contribution in [3.8, 4) is 5.75 Å². The van der Waals surface area contributed by atoms with E-state index in [-0.39, 0.29) is 6.10 Å². The summed E-state index contributed by atoms with van der Waals surface area (Å²) in [5, 5.41) is 13.0. The van der Waals surface area contributed by atoms with Crippen molar-refractivity contribution in [1.29, 1.82) is 0 Å². The zero-order valence-electron chi connectivity index (χ0n) is 13.3. The van der Waals surface area contributed by atoms with Crippen LogP contribution in [0, 0.1) is 11.8 Å². The Hall–Kier alpha value is -1.06. The van der Waals surface area contributed by atoms with Gasteiger partial charge in [0.1, 0.15) is 5.75 Å². The second kappa shape index (κ2) is 8.40. The molecule has 3 heteroatoms. The zero-order valence-corrected chi connectivity index (χ0v) is 13.3. The van der Waals surface area contributed by atoms with E-state index >= 15 is 0 Å². The number of ether oxygens (including phenoxy) is 1. The molecule has 0 aliphatic heterocycles. The fraction of sp³-hybridized carbons (Fsp3) is 0.667. The zero-order chi connectivity index (χ0) is 15.1. The Morgan fingerprint density at radius 2 is 2.00 bits per heavy atom. The van der Waals surface area contributed by atoms with E-state index in [2.05, 4.69) is 17.4 Å². The Balaban J connectivity index is 1.80. The quantitative estimate of drug-likeness (QED) is 0.809. The summed E-state index contributed by atoms with van der Waals surface area (Å²) in [6.45, 7) is 6.29. The lowest BCUT2D eigenvalue weighted by molar-refractivity contribution is 0.133. The molecule has 0 spiro atoms. The molecular weight excluding hydrogens is 262 g/mol. The van der Waals surface area contributed by atoms with Gasteiger partial charge in [-0.25, -0.2) is 0 Å². The van der Waals surface area contributed by atoms with Gasteiger partial charge in [-0.1, -0.05) is 25.0 Å². The van der Waals surface area contributed by atoms with E-state index in [1.54, 1.807) is 0 Å². The predicted molar refractivity (Wildman–Crippen MR) is 86.4 cm³/mol. The standard InChI is InChI=1S/C18H29NO2/c1-14(2)21-18-9-5-6-15(10-18)11-19-12-16-7-3-4-8-17(16)13-20/h5-6,9-10,14,16-17,19-20H,3-4,7-8,11-13H2,1-2H3. The molecule has 1 aliphatic carbocycles. The molecule has 1 aromatic rings. The molecule has 3 nitrogen and oxygen atoms in total. The van der Waals surface area contributed by atoms with Crippen LogP contribution in [-0.2, 0) is 6.54 Å². The highest BCUT2D eigenvalue weighted by Crippen LogP contribution is 2.29. The van der Waals surface area contributed by atoms with Crippen LogP contribution in [0.5, 0.6) is 5.75 Å². The summed E-state index contributed by atoms with van der Waals surface area (Å²) < 4.78 is 5.72. The fourth-order valence-electron chi connectivity index (χ4n) is 3.20. The van der Waals surface area contributed by atoms with E-state index in [1.807, 2.05) is 26.0 Å². The lowest BCUT2D eigenvalue weighted by Gasteiger charge is -2.30. The second-order valence-corrected chi connectivity index (χ2v) is 6.43. The number of benzene rings is 1. The molecule has 1 saturated carbocycles. The molecular formula is C18H29NO2. The smallest absolute Gasteiger partial charge is 0.120 e. The van der Waals surface area contributed by atoms with Gasteiger partial charge in [-0.2, -0.15) is 0 Å². The molecule has 0 bridgehead atoms. The van der Waals surface area contributed by atoms with Gasteiger partial charge in [-0.3, -0.25) is 0 Å². The third kappa shape index (κ3) is 5.33. The molecule has 2 atom stereocenters. The summed E-state index contributed by atoms with van der Waals surface area (Å²) in [6.07, 6.45) is 5.22. The molecule has 0 radical (unpaired) electrons. The van der Waals surface area contributed by atoms with Gasteiger partial charge in [0.2, 0.25) is 0 Å². The van der Waals surface area contributed by atoms with Crippen molar-refractivity contribution in [2.24, 2.45) is 11.8 Å². The van der Waals surface area contributed by atoms with E-state index in [1.165, 1.54) is 31.2 Å². The average molecular weight is 291 g/mol. The van der Waals surface area contributed by atoms with E-state index in [9.17, 15) is 5.11 Å². The molecule has 2 N–H and O–H groups in total. The van der Waals surface area contributed by atoms with Crippen LogP contribution in [-0.4, -0.2) is 24.4 Å². The summed E-state index contributed by atoms with van der Waals surface area (Å²) in [7, 11) is 0. The van der Waals surface area contributed by atoms with Crippen molar-refractivity contribution in [1.82, 2.24) is 5.32 Å². The van der Waals surface area contributed by atoms with Gasteiger partial charge in [0.15, 0.2) is 0 Å². The van der Waals surface area contributed by atoms with E-state index in [0.29, 0.717) is 18.4 Å². The van der Waals surface area contributed by atoms with Crippen molar-refractivity contribution in [2.45, 2.75) is 52.2 Å². The Labute approximate surface area is 128 Å². The largest absolute Gasteiger partial charge is 0.491 e. The van der Waals surface area contributed by atoms with Crippen molar-refractivity contribution >= 4 is 0 Å². The number of hydrogen-bond acceptors (Lipinski definition) is 3. The second-order valence-electron chi connectivity index (χ2n) is 6.43. The van der Waals surface area contributed by atoms with Gasteiger partial charge >= 0.3 is 0 Å². The first-order chi connectivity index (χ1) is 10.2. The average Bonchev–Trinajstić information content (AvgIpc) is 2.47. The normalized spacial score (nSPS) is 22.5. The lowest BCUT2D eigenvalue weighted by atomic mass is 9.79. The van der Waals surface area contributed by atoms with Gasteiger partial charge in [-0.15, -0.1) is 0 Å². The molecule has 21 heavy (non-hydrogen) atoms. The van der Waals surface area contributed by atoms with Crippen molar-refractivity contribution in [3.63, 3.8) is 0 Å². The number of hydrogen-bond donors (Lipinski definition) is 2. The van der Waals surface area contributed by atoms with Crippen LogP contribution in [0.3, 0.4) is 0 Å². The Kier molecular flexibility index (Phi) is 6.52. The molecule has 0 aromatic heterocycles. The molecule has 118 valence electrons. The third-order valence-corrected chi connectivity index (χ3v) is 4.31. The third-order valence-electron chi connectivity index (χ3n) is 4.31. The fourth-order valence-corrected chi connectivity index (χ4v) is 3.20. The van der Waals surface area contributed by atoms with Crippen molar-refractivity contribution in [2.75, 3.05) is 13.2 Å². The number of aliphatic hydroxyl groups excluding tert-OH is 1. The number of nitrogens with one attached hydrogen (secondary N) is 1. The highest BCUT2D eigenvalue weighted by atomic mass is 16.5. The molecule has 1 aromatic carbocycles. The van der Waals surface area contributed by atoms with Crippen LogP contribution in [0.2, 0.25) is 0 Å². The first kappa shape index (κ1) is 16.3. The minimum absolute atomic E-state index is 0.209. The summed E-state index contributed by atoms with van der Waals surface area (Å²) >= 11 is 0. The summed E-state index contributed by atoms with van der Waals surface area (Å²) in [5.74, 6) is 2.05. The molecule has 0 saturated heterocycles. The van der Waals surface area contributed by atoms with Gasteiger partial charge in [-0.05, 0) is 62.8 Å². The SMILES string of the molecule is CC(C)Oc1cccc(CNCC2CCCCC2CO)c1. The van der Waals surface area contributed by atoms with Crippen LogP contribution in [0.15, 0.2) is 24.3 Å². The van der Waals surface area contributed by atoms with Crippen molar-refractivity contribution in [3.05, 3.63) is 29.8 Å². The van der Waals surface area contributed by atoms with E-state index < -0.39 is 0 Å². The highest BCUT2D eigenvalue weighted by Gasteiger charge is 2.23. The molecule has 1 aliphatic rings. The molecule has 1 fully saturated rings. The molecule has 0 heterocycles. The number of aliphatic hydroxyl groups is 1. The lowest BCUT2D eigenvalue weighted by Crippen LogP contribution is -2.32. The predicted octanol–water partition coefficient (Wildman–Crippen LogP) is 3.36.